The molecule has 2 N–H and O–H groups in total. The molecule has 4 nitrogen and oxygen atoms in total. The monoisotopic (exact) mass is 345 g/mol. The molecule has 23 heavy (non-hydrogen) atoms. The van der Waals surface area contributed by atoms with E-state index in [2.05, 4.69) is 50.2 Å². The highest BCUT2D eigenvalue weighted by molar-refractivity contribution is 5.85. The number of amides is 1. The zero-order valence-electron chi connectivity index (χ0n) is 15.5. The zero-order chi connectivity index (χ0) is 16.3. The van der Waals surface area contributed by atoms with Crippen molar-refractivity contribution < 1.29 is 4.79 Å². The Balaban J connectivity index is 0.00000264. The van der Waals surface area contributed by atoms with Crippen LogP contribution in [0, 0.1) is 17.8 Å². The van der Waals surface area contributed by atoms with Crippen molar-refractivity contribution >= 4 is 18.3 Å². The highest BCUT2D eigenvalue weighted by Gasteiger charge is 2.33. The topological polar surface area (TPSA) is 44.4 Å². The first kappa shape index (κ1) is 20.7. The van der Waals surface area contributed by atoms with Crippen molar-refractivity contribution in [2.24, 2.45) is 17.8 Å². The van der Waals surface area contributed by atoms with Crippen molar-refractivity contribution in [1.29, 1.82) is 0 Å². The molecule has 2 aliphatic rings. The van der Waals surface area contributed by atoms with Crippen molar-refractivity contribution in [1.82, 2.24) is 15.5 Å². The van der Waals surface area contributed by atoms with Crippen LogP contribution in [0.5, 0.6) is 0 Å². The average Bonchev–Trinajstić information content (AvgIpc) is 2.44. The maximum atomic E-state index is 12.4. The zero-order valence-corrected chi connectivity index (χ0v) is 16.3. The van der Waals surface area contributed by atoms with Gasteiger partial charge in [0.15, 0.2) is 0 Å². The number of carbonyl (C=O) groups excluding carboxylic acids is 1. The Kier molecular flexibility index (Phi) is 7.82. The standard InChI is InChI=1S/C18H35N3O.ClH/c1-13-8-14(2)11-21(10-13)18(4,5)12-20-17(22)16-6-7-19-15(3)9-16;/h13-16,19H,6-12H2,1-5H3,(H,20,22);1H/t13?,14?,15-,16-;/m0./s1. The van der Waals surface area contributed by atoms with Crippen LogP contribution in [0.15, 0.2) is 0 Å². The molecule has 136 valence electrons. The summed E-state index contributed by atoms with van der Waals surface area (Å²) in [6.07, 6.45) is 3.25. The molecule has 2 unspecified atom stereocenters. The number of piperidine rings is 2. The van der Waals surface area contributed by atoms with Gasteiger partial charge < -0.3 is 10.6 Å². The van der Waals surface area contributed by atoms with E-state index in [1.807, 2.05) is 0 Å². The smallest absolute Gasteiger partial charge is 0.223 e. The third kappa shape index (κ3) is 5.91. The third-order valence-electron chi connectivity index (χ3n) is 5.41. The van der Waals surface area contributed by atoms with E-state index in [0.29, 0.717) is 6.04 Å². The largest absolute Gasteiger partial charge is 0.354 e. The summed E-state index contributed by atoms with van der Waals surface area (Å²) in [5, 5.41) is 6.64. The predicted molar refractivity (Wildman–Crippen MR) is 99.0 cm³/mol. The van der Waals surface area contributed by atoms with Crippen LogP contribution in [-0.2, 0) is 4.79 Å². The molecular weight excluding hydrogens is 310 g/mol. The van der Waals surface area contributed by atoms with Crippen LogP contribution in [0.4, 0.5) is 0 Å². The summed E-state index contributed by atoms with van der Waals surface area (Å²) in [6.45, 7) is 15.4. The molecule has 2 saturated heterocycles. The molecule has 0 aliphatic carbocycles. The fraction of sp³-hybridized carbons (Fsp3) is 0.944. The normalized spacial score (nSPS) is 32.9. The van der Waals surface area contributed by atoms with E-state index in [1.54, 1.807) is 0 Å². The first-order chi connectivity index (χ1) is 10.3. The molecule has 0 radical (unpaired) electrons. The van der Waals surface area contributed by atoms with Crippen molar-refractivity contribution in [3.8, 4) is 0 Å². The number of carbonyl (C=O) groups is 1. The molecule has 2 fully saturated rings. The van der Waals surface area contributed by atoms with E-state index in [1.165, 1.54) is 6.42 Å². The molecule has 2 rings (SSSR count). The molecule has 2 heterocycles. The second-order valence-electron chi connectivity index (χ2n) is 8.46. The minimum atomic E-state index is 0. The highest BCUT2D eigenvalue weighted by Crippen LogP contribution is 2.27. The quantitative estimate of drug-likeness (QED) is 0.823. The first-order valence-electron chi connectivity index (χ1n) is 9.04. The van der Waals surface area contributed by atoms with Gasteiger partial charge in [-0.3, -0.25) is 9.69 Å². The SMILES string of the molecule is CC1CC(C)CN(C(C)(C)CNC(=O)[C@H]2CCN[C@@H](C)C2)C1.Cl. The van der Waals surface area contributed by atoms with Crippen LogP contribution in [-0.4, -0.2) is 48.6 Å². The highest BCUT2D eigenvalue weighted by atomic mass is 35.5. The average molecular weight is 346 g/mol. The molecule has 0 bridgehead atoms. The molecule has 5 heteroatoms. The van der Waals surface area contributed by atoms with Crippen LogP contribution in [0.25, 0.3) is 0 Å². The molecule has 0 aromatic rings. The van der Waals surface area contributed by atoms with E-state index in [0.717, 1.165) is 50.9 Å². The lowest BCUT2D eigenvalue weighted by atomic mass is 9.87. The van der Waals surface area contributed by atoms with Crippen LogP contribution in [0.1, 0.15) is 53.9 Å². The summed E-state index contributed by atoms with van der Waals surface area (Å²) < 4.78 is 0. The number of likely N-dealkylation sites (tertiary alicyclic amines) is 1. The van der Waals surface area contributed by atoms with E-state index in [4.69, 9.17) is 0 Å². The Morgan fingerprint density at radius 1 is 1.17 bits per heavy atom. The molecule has 0 aromatic heterocycles. The summed E-state index contributed by atoms with van der Waals surface area (Å²) in [5.74, 6) is 1.94. The first-order valence-corrected chi connectivity index (χ1v) is 9.04. The summed E-state index contributed by atoms with van der Waals surface area (Å²) in [7, 11) is 0. The van der Waals surface area contributed by atoms with Gasteiger partial charge in [-0.2, -0.15) is 0 Å². The lowest BCUT2D eigenvalue weighted by molar-refractivity contribution is -0.126. The van der Waals surface area contributed by atoms with Crippen LogP contribution in [0.3, 0.4) is 0 Å². The van der Waals surface area contributed by atoms with Crippen molar-refractivity contribution in [2.45, 2.75) is 65.5 Å². The Labute approximate surface area is 148 Å². The van der Waals surface area contributed by atoms with Gasteiger partial charge in [0.25, 0.3) is 0 Å². The molecule has 0 saturated carbocycles. The van der Waals surface area contributed by atoms with Crippen molar-refractivity contribution in [2.75, 3.05) is 26.2 Å². The molecule has 0 spiro atoms. The lowest BCUT2D eigenvalue weighted by Gasteiger charge is -2.45. The number of nitrogens with zero attached hydrogens (tertiary/aromatic N) is 1. The maximum absolute atomic E-state index is 12.4. The van der Waals surface area contributed by atoms with Gasteiger partial charge in [-0.05, 0) is 58.4 Å². The summed E-state index contributed by atoms with van der Waals surface area (Å²) in [6, 6.07) is 0.460. The Morgan fingerprint density at radius 2 is 1.78 bits per heavy atom. The van der Waals surface area contributed by atoms with Gasteiger partial charge >= 0.3 is 0 Å². The minimum absolute atomic E-state index is 0. The molecular formula is C18H36ClN3O. The fourth-order valence-electron chi connectivity index (χ4n) is 4.09. The number of hydrogen-bond donors (Lipinski definition) is 2. The second-order valence-corrected chi connectivity index (χ2v) is 8.46. The van der Waals surface area contributed by atoms with E-state index in [9.17, 15) is 4.79 Å². The van der Waals surface area contributed by atoms with E-state index >= 15 is 0 Å². The molecule has 4 atom stereocenters. The van der Waals surface area contributed by atoms with E-state index in [-0.39, 0.29) is 29.8 Å². The van der Waals surface area contributed by atoms with Gasteiger partial charge in [-0.15, -0.1) is 12.4 Å². The van der Waals surface area contributed by atoms with Gasteiger partial charge in [0, 0.05) is 37.1 Å². The van der Waals surface area contributed by atoms with Crippen LogP contribution < -0.4 is 10.6 Å². The lowest BCUT2D eigenvalue weighted by Crippen LogP contribution is -2.56. The van der Waals surface area contributed by atoms with Gasteiger partial charge in [0.2, 0.25) is 5.91 Å². The summed E-state index contributed by atoms with van der Waals surface area (Å²) >= 11 is 0. The second kappa shape index (κ2) is 8.68. The number of hydrogen-bond acceptors (Lipinski definition) is 3. The van der Waals surface area contributed by atoms with Gasteiger partial charge in [0.05, 0.1) is 0 Å². The number of halogens is 1. The van der Waals surface area contributed by atoms with Gasteiger partial charge in [0.1, 0.15) is 0 Å². The number of nitrogens with one attached hydrogen (secondary N) is 2. The number of rotatable bonds is 4. The van der Waals surface area contributed by atoms with Gasteiger partial charge in [-0.25, -0.2) is 0 Å². The van der Waals surface area contributed by atoms with Crippen LogP contribution in [0.2, 0.25) is 0 Å². The van der Waals surface area contributed by atoms with Gasteiger partial charge in [-0.1, -0.05) is 13.8 Å². The maximum Gasteiger partial charge on any atom is 0.223 e. The third-order valence-corrected chi connectivity index (χ3v) is 5.41. The van der Waals surface area contributed by atoms with E-state index < -0.39 is 0 Å². The predicted octanol–water partition coefficient (Wildman–Crippen LogP) is 2.67. The van der Waals surface area contributed by atoms with Crippen molar-refractivity contribution in [3.05, 3.63) is 0 Å². The Morgan fingerprint density at radius 3 is 2.35 bits per heavy atom. The summed E-state index contributed by atoms with van der Waals surface area (Å²) in [5.41, 5.74) is 0.0388. The molecule has 2 aliphatic heterocycles. The Bertz CT molecular complexity index is 378. The van der Waals surface area contributed by atoms with Crippen LogP contribution >= 0.6 is 12.4 Å². The molecule has 0 aromatic carbocycles. The minimum Gasteiger partial charge on any atom is -0.354 e. The molecule has 1 amide bonds. The van der Waals surface area contributed by atoms with Crippen molar-refractivity contribution in [3.63, 3.8) is 0 Å². The Hall–Kier alpha value is -0.320. The summed E-state index contributed by atoms with van der Waals surface area (Å²) in [4.78, 5) is 15.0. The fourth-order valence-corrected chi connectivity index (χ4v) is 4.09.